The smallest absolute Gasteiger partial charge is 0.328 e. The number of carbonyl (C=O) groups excluding carboxylic acids is 3. The standard InChI is InChI=1S/C36H60N2O7/c1-3-5-7-9-10-11-12-13-14-15-16-18-24-28-35(42)45-31(25-21-17-8-6-4-2)26-22-19-20-23-27-33(40)37-29-34(41)38-32(30-39)36(43)44/h5,7,10-11,13-14,21,25,31-32,39H,3-4,6,8-9,12,15-20,22-24,26-30H2,1-2H3,(H,37,40)(H,38,41)(H,43,44)/b7-5-,11-10-,14-13-,25-21-. The number of aliphatic carboxylic acids is 1. The second-order valence-corrected chi connectivity index (χ2v) is 11.2. The Bertz CT molecular complexity index is 911. The highest BCUT2D eigenvalue weighted by Gasteiger charge is 2.18. The Morgan fingerprint density at radius 2 is 1.33 bits per heavy atom. The first-order chi connectivity index (χ1) is 21.8. The van der Waals surface area contributed by atoms with Crippen molar-refractivity contribution in [2.75, 3.05) is 13.2 Å². The number of nitrogens with one attached hydrogen (secondary N) is 2. The van der Waals surface area contributed by atoms with Crippen molar-refractivity contribution in [3.63, 3.8) is 0 Å². The van der Waals surface area contributed by atoms with Crippen molar-refractivity contribution in [1.29, 1.82) is 0 Å². The van der Waals surface area contributed by atoms with E-state index < -0.39 is 24.5 Å². The summed E-state index contributed by atoms with van der Waals surface area (Å²) in [7, 11) is 0. The fourth-order valence-electron chi connectivity index (χ4n) is 4.40. The molecule has 0 saturated heterocycles. The second kappa shape index (κ2) is 30.8. The number of carboxylic acids is 1. The van der Waals surface area contributed by atoms with E-state index in [-0.39, 0.29) is 30.9 Å². The van der Waals surface area contributed by atoms with Crippen molar-refractivity contribution in [3.05, 3.63) is 48.6 Å². The van der Waals surface area contributed by atoms with Gasteiger partial charge in [0.05, 0.1) is 13.2 Å². The van der Waals surface area contributed by atoms with Gasteiger partial charge < -0.3 is 25.6 Å². The molecule has 2 atom stereocenters. The van der Waals surface area contributed by atoms with Crippen LogP contribution in [0.3, 0.4) is 0 Å². The summed E-state index contributed by atoms with van der Waals surface area (Å²) in [5.74, 6) is -2.45. The minimum Gasteiger partial charge on any atom is -0.480 e. The highest BCUT2D eigenvalue weighted by atomic mass is 16.5. The fourth-order valence-corrected chi connectivity index (χ4v) is 4.40. The van der Waals surface area contributed by atoms with E-state index in [0.29, 0.717) is 12.8 Å². The van der Waals surface area contributed by atoms with Gasteiger partial charge in [0.25, 0.3) is 0 Å². The van der Waals surface area contributed by atoms with Gasteiger partial charge in [-0.3, -0.25) is 14.4 Å². The van der Waals surface area contributed by atoms with Crippen molar-refractivity contribution in [1.82, 2.24) is 10.6 Å². The summed E-state index contributed by atoms with van der Waals surface area (Å²) >= 11 is 0. The molecule has 0 fully saturated rings. The number of hydrogen-bond acceptors (Lipinski definition) is 6. The monoisotopic (exact) mass is 632 g/mol. The Labute approximate surface area is 271 Å². The maximum absolute atomic E-state index is 12.5. The van der Waals surface area contributed by atoms with E-state index in [1.165, 1.54) is 6.42 Å². The van der Waals surface area contributed by atoms with Gasteiger partial charge in [-0.25, -0.2) is 4.79 Å². The molecule has 256 valence electrons. The van der Waals surface area contributed by atoms with Gasteiger partial charge >= 0.3 is 11.9 Å². The summed E-state index contributed by atoms with van der Waals surface area (Å²) in [4.78, 5) is 47.1. The number of esters is 1. The summed E-state index contributed by atoms with van der Waals surface area (Å²) in [6.07, 6.45) is 33.1. The lowest BCUT2D eigenvalue weighted by molar-refractivity contribution is -0.147. The van der Waals surface area contributed by atoms with Crippen LogP contribution in [0.4, 0.5) is 0 Å². The number of allylic oxidation sites excluding steroid dienone is 7. The van der Waals surface area contributed by atoms with Gasteiger partial charge in [0.2, 0.25) is 11.8 Å². The molecule has 0 aromatic heterocycles. The maximum atomic E-state index is 12.5. The first-order valence-corrected chi connectivity index (χ1v) is 17.0. The van der Waals surface area contributed by atoms with Crippen LogP contribution in [0, 0.1) is 0 Å². The van der Waals surface area contributed by atoms with E-state index in [1.54, 1.807) is 0 Å². The van der Waals surface area contributed by atoms with E-state index in [1.807, 2.05) is 6.08 Å². The van der Waals surface area contributed by atoms with Crippen molar-refractivity contribution in [2.24, 2.45) is 0 Å². The number of unbranched alkanes of at least 4 members (excludes halogenated alkanes) is 9. The predicted octanol–water partition coefficient (Wildman–Crippen LogP) is 6.86. The van der Waals surface area contributed by atoms with Gasteiger partial charge in [-0.15, -0.1) is 0 Å². The molecular weight excluding hydrogens is 572 g/mol. The summed E-state index contributed by atoms with van der Waals surface area (Å²) < 4.78 is 5.81. The molecule has 0 aromatic rings. The van der Waals surface area contributed by atoms with E-state index in [4.69, 9.17) is 14.9 Å². The highest BCUT2D eigenvalue weighted by Crippen LogP contribution is 2.14. The van der Waals surface area contributed by atoms with Crippen LogP contribution in [-0.2, 0) is 23.9 Å². The zero-order chi connectivity index (χ0) is 33.4. The number of carbonyl (C=O) groups is 4. The molecule has 2 amide bonds. The molecule has 9 nitrogen and oxygen atoms in total. The largest absolute Gasteiger partial charge is 0.480 e. The van der Waals surface area contributed by atoms with Crippen LogP contribution in [0.25, 0.3) is 0 Å². The summed E-state index contributed by atoms with van der Waals surface area (Å²) in [5.41, 5.74) is 0. The Morgan fingerprint density at radius 3 is 2.02 bits per heavy atom. The quantitative estimate of drug-likeness (QED) is 0.0401. The first-order valence-electron chi connectivity index (χ1n) is 17.0. The van der Waals surface area contributed by atoms with Crippen LogP contribution in [0.5, 0.6) is 0 Å². The minimum absolute atomic E-state index is 0.148. The molecule has 45 heavy (non-hydrogen) atoms. The first kappa shape index (κ1) is 41.8. The molecule has 0 radical (unpaired) electrons. The van der Waals surface area contributed by atoms with E-state index in [0.717, 1.165) is 89.9 Å². The molecule has 2 unspecified atom stereocenters. The van der Waals surface area contributed by atoms with Gasteiger partial charge in [0, 0.05) is 12.8 Å². The molecule has 0 bridgehead atoms. The molecule has 0 saturated carbocycles. The summed E-state index contributed by atoms with van der Waals surface area (Å²) in [6.45, 7) is 3.24. The van der Waals surface area contributed by atoms with Crippen LogP contribution < -0.4 is 10.6 Å². The molecule has 0 aliphatic carbocycles. The van der Waals surface area contributed by atoms with Gasteiger partial charge in [0.15, 0.2) is 0 Å². The summed E-state index contributed by atoms with van der Waals surface area (Å²) in [6, 6.07) is -1.39. The van der Waals surface area contributed by atoms with Gasteiger partial charge in [-0.1, -0.05) is 88.5 Å². The third-order valence-corrected chi connectivity index (χ3v) is 7.04. The van der Waals surface area contributed by atoms with Crippen LogP contribution in [0.15, 0.2) is 48.6 Å². The lowest BCUT2D eigenvalue weighted by atomic mass is 10.1. The van der Waals surface area contributed by atoms with E-state index in [2.05, 4.69) is 67.0 Å². The molecule has 0 rings (SSSR count). The van der Waals surface area contributed by atoms with Crippen molar-refractivity contribution >= 4 is 23.8 Å². The molecule has 0 aliphatic heterocycles. The minimum atomic E-state index is -1.39. The maximum Gasteiger partial charge on any atom is 0.328 e. The molecule has 0 heterocycles. The summed E-state index contributed by atoms with van der Waals surface area (Å²) in [5, 5.41) is 22.4. The molecule has 0 spiro atoms. The predicted molar refractivity (Wildman–Crippen MR) is 181 cm³/mol. The number of aliphatic hydroxyl groups excluding tert-OH is 1. The van der Waals surface area contributed by atoms with Gasteiger partial charge in [0.1, 0.15) is 12.1 Å². The third kappa shape index (κ3) is 28.0. The fraction of sp³-hybridized carbons (Fsp3) is 0.667. The Kier molecular flexibility index (Phi) is 28.6. The molecule has 0 aromatic carbocycles. The van der Waals surface area contributed by atoms with Crippen LogP contribution in [0.2, 0.25) is 0 Å². The Balaban J connectivity index is 4.25. The average molecular weight is 633 g/mol. The van der Waals surface area contributed by atoms with Gasteiger partial charge in [-0.2, -0.15) is 0 Å². The van der Waals surface area contributed by atoms with Crippen LogP contribution >= 0.6 is 0 Å². The Morgan fingerprint density at radius 1 is 0.711 bits per heavy atom. The SMILES string of the molecule is CC/C=C\C/C=C\C/C=C\CCCCCC(=O)OC(/C=C\CCCCC)CCCCCCC(=O)NCC(=O)NC(CO)C(=O)O. The molecular formula is C36H60N2O7. The molecule has 9 heteroatoms. The van der Waals surface area contributed by atoms with Crippen LogP contribution in [0.1, 0.15) is 129 Å². The molecule has 0 aliphatic rings. The third-order valence-electron chi connectivity index (χ3n) is 7.04. The Hall–Kier alpha value is -3.20. The normalized spacial score (nSPS) is 13.1. The molecule has 4 N–H and O–H groups in total. The lowest BCUT2D eigenvalue weighted by Crippen LogP contribution is -2.47. The van der Waals surface area contributed by atoms with Crippen molar-refractivity contribution in [3.8, 4) is 0 Å². The number of carboxylic acid groups (broad SMARTS) is 1. The number of amides is 2. The van der Waals surface area contributed by atoms with Gasteiger partial charge in [-0.05, 0) is 76.7 Å². The number of rotatable bonds is 29. The number of hydrogen-bond donors (Lipinski definition) is 4. The topological polar surface area (TPSA) is 142 Å². The van der Waals surface area contributed by atoms with E-state index >= 15 is 0 Å². The number of aliphatic hydroxyl groups is 1. The zero-order valence-electron chi connectivity index (χ0n) is 27.9. The lowest BCUT2D eigenvalue weighted by Gasteiger charge is -2.15. The van der Waals surface area contributed by atoms with Crippen molar-refractivity contribution < 1.29 is 34.1 Å². The van der Waals surface area contributed by atoms with Crippen LogP contribution in [-0.4, -0.2) is 59.3 Å². The highest BCUT2D eigenvalue weighted by molar-refractivity contribution is 5.87. The zero-order valence-corrected chi connectivity index (χ0v) is 27.9. The number of ether oxygens (including phenoxy) is 1. The van der Waals surface area contributed by atoms with Crippen molar-refractivity contribution in [2.45, 2.75) is 142 Å². The second-order valence-electron chi connectivity index (χ2n) is 11.2. The average Bonchev–Trinajstić information content (AvgIpc) is 3.02. The van der Waals surface area contributed by atoms with E-state index in [9.17, 15) is 19.2 Å².